The summed E-state index contributed by atoms with van der Waals surface area (Å²) in [7, 11) is -2.04. The van der Waals surface area contributed by atoms with E-state index >= 15 is 0 Å². The van der Waals surface area contributed by atoms with Gasteiger partial charge in [0.1, 0.15) is 6.54 Å². The van der Waals surface area contributed by atoms with Gasteiger partial charge in [-0.15, -0.1) is 0 Å². The number of ether oxygens (including phenoxy) is 2. The van der Waals surface area contributed by atoms with Gasteiger partial charge in [0.15, 0.2) is 11.5 Å². The van der Waals surface area contributed by atoms with Crippen molar-refractivity contribution in [3.05, 3.63) is 47.0 Å². The number of carboxylic acid groups (broad SMARTS) is 1. The van der Waals surface area contributed by atoms with Gasteiger partial charge in [0.25, 0.3) is 10.0 Å². The average Bonchev–Trinajstić information content (AvgIpc) is 2.79. The van der Waals surface area contributed by atoms with Gasteiger partial charge < -0.3 is 14.6 Å². The summed E-state index contributed by atoms with van der Waals surface area (Å²) in [6.07, 6.45) is -4.79. The molecule has 0 saturated carbocycles. The second kappa shape index (κ2) is 13.1. The Morgan fingerprint density at radius 1 is 1.00 bits per heavy atom. The lowest BCUT2D eigenvalue weighted by molar-refractivity contribution is -0.137. The molecule has 0 unspecified atom stereocenters. The lowest BCUT2D eigenvalue weighted by Gasteiger charge is -2.25. The molecule has 186 valence electrons. The van der Waals surface area contributed by atoms with E-state index in [0.29, 0.717) is 12.1 Å². The van der Waals surface area contributed by atoms with E-state index in [4.69, 9.17) is 26.2 Å². The molecule has 2 aromatic carbocycles. The number of methoxy groups -OCH3 is 2. The van der Waals surface area contributed by atoms with Gasteiger partial charge in [-0.1, -0.05) is 39.3 Å². The first-order valence-corrected chi connectivity index (χ1v) is 11.6. The normalized spacial score (nSPS) is 10.7. The van der Waals surface area contributed by atoms with Crippen molar-refractivity contribution in [3.8, 4) is 11.5 Å². The van der Waals surface area contributed by atoms with Crippen LogP contribution in [0.5, 0.6) is 11.5 Å². The van der Waals surface area contributed by atoms with Crippen LogP contribution in [0.25, 0.3) is 0 Å². The number of alkyl halides is 3. The van der Waals surface area contributed by atoms with Crippen LogP contribution in [0.15, 0.2) is 41.3 Å². The van der Waals surface area contributed by atoms with Gasteiger partial charge in [0, 0.05) is 6.07 Å². The number of sulfonamides is 1. The molecule has 0 aliphatic rings. The predicted molar refractivity (Wildman–Crippen MR) is 121 cm³/mol. The molecule has 0 aliphatic carbocycles. The fourth-order valence-corrected chi connectivity index (χ4v) is 4.12. The van der Waals surface area contributed by atoms with Gasteiger partial charge in [0.05, 0.1) is 35.4 Å². The summed E-state index contributed by atoms with van der Waals surface area (Å²) in [6.45, 7) is 6.84. The van der Waals surface area contributed by atoms with Gasteiger partial charge in [-0.25, -0.2) is 8.42 Å². The Labute approximate surface area is 196 Å². The first-order valence-electron chi connectivity index (χ1n) is 9.75. The zero-order valence-corrected chi connectivity index (χ0v) is 20.6. The van der Waals surface area contributed by atoms with Crippen LogP contribution < -0.4 is 13.8 Å². The van der Waals surface area contributed by atoms with Crippen LogP contribution in [0.4, 0.5) is 18.9 Å². The molecule has 0 amide bonds. The fourth-order valence-electron chi connectivity index (χ4n) is 2.41. The van der Waals surface area contributed by atoms with E-state index in [0.717, 1.165) is 18.2 Å². The Balaban J connectivity index is 0.00000242. The summed E-state index contributed by atoms with van der Waals surface area (Å²) in [6, 6.07) is 5.41. The Bertz CT molecular complexity index is 1030. The summed E-state index contributed by atoms with van der Waals surface area (Å²) in [5.74, 6) is -1.37. The predicted octanol–water partition coefficient (Wildman–Crippen LogP) is 5.71. The topological polar surface area (TPSA) is 93.1 Å². The van der Waals surface area contributed by atoms with E-state index in [1.807, 2.05) is 27.7 Å². The smallest absolute Gasteiger partial charge is 0.416 e. The van der Waals surface area contributed by atoms with Crippen LogP contribution in [0.2, 0.25) is 5.02 Å². The van der Waals surface area contributed by atoms with Crippen LogP contribution >= 0.6 is 11.6 Å². The molecule has 1 N–H and O–H groups in total. The third kappa shape index (κ3) is 7.71. The van der Waals surface area contributed by atoms with Crippen molar-refractivity contribution in [1.29, 1.82) is 0 Å². The number of carbonyl (C=O) groups is 1. The number of carboxylic acids is 1. The highest BCUT2D eigenvalue weighted by molar-refractivity contribution is 7.92. The minimum atomic E-state index is -4.79. The molecule has 0 heterocycles. The number of hydrogen-bond donors (Lipinski definition) is 1. The Kier molecular flexibility index (Phi) is 12.1. The average molecular weight is 514 g/mol. The standard InChI is InChI=1S/C17H15ClF3NO6S.2C2H6/c1-27-14-6-4-11(8-15(14)28-2)29(25,26)22(9-16(23)24)13-7-10(17(19,20)21)3-5-12(13)18;2*1-2/h3-8H,9H2,1-2H3,(H,23,24);2*1-2H3. The first kappa shape index (κ1) is 30.3. The van der Waals surface area contributed by atoms with E-state index in [1.54, 1.807) is 0 Å². The van der Waals surface area contributed by atoms with Crippen LogP contribution in [0.3, 0.4) is 0 Å². The van der Waals surface area contributed by atoms with Crippen molar-refractivity contribution in [2.75, 3.05) is 25.1 Å². The lowest BCUT2D eigenvalue weighted by atomic mass is 10.2. The zero-order valence-electron chi connectivity index (χ0n) is 19.0. The number of hydrogen-bond acceptors (Lipinski definition) is 5. The van der Waals surface area contributed by atoms with Crippen molar-refractivity contribution in [2.45, 2.75) is 38.8 Å². The van der Waals surface area contributed by atoms with E-state index < -0.39 is 44.9 Å². The molecular formula is C21H27ClF3NO6S. The molecule has 0 aliphatic heterocycles. The van der Waals surface area contributed by atoms with Crippen LogP contribution in [-0.2, 0) is 21.0 Å². The monoisotopic (exact) mass is 513 g/mol. The van der Waals surface area contributed by atoms with Crippen molar-refractivity contribution in [1.82, 2.24) is 0 Å². The number of halogens is 4. The summed E-state index contributed by atoms with van der Waals surface area (Å²) < 4.78 is 75.7. The first-order chi connectivity index (χ1) is 15.4. The molecule has 0 aromatic heterocycles. The Morgan fingerprint density at radius 2 is 1.55 bits per heavy atom. The molecule has 12 heteroatoms. The molecule has 0 atom stereocenters. The van der Waals surface area contributed by atoms with E-state index in [1.165, 1.54) is 20.3 Å². The summed E-state index contributed by atoms with van der Waals surface area (Å²) in [5.41, 5.74) is -1.81. The molecule has 0 bridgehead atoms. The van der Waals surface area contributed by atoms with Crippen molar-refractivity contribution in [3.63, 3.8) is 0 Å². The number of benzene rings is 2. The van der Waals surface area contributed by atoms with Gasteiger partial charge in [-0.2, -0.15) is 13.2 Å². The molecule has 0 saturated heterocycles. The fraction of sp³-hybridized carbons (Fsp3) is 0.381. The van der Waals surface area contributed by atoms with Gasteiger partial charge in [-0.05, 0) is 30.3 Å². The minimum absolute atomic E-state index is 0.0268. The SMILES string of the molecule is CC.CC.COc1ccc(S(=O)(=O)N(CC(=O)O)c2cc(C(F)(F)F)ccc2Cl)cc1OC. The van der Waals surface area contributed by atoms with Crippen molar-refractivity contribution < 1.29 is 41.0 Å². The van der Waals surface area contributed by atoms with Crippen LogP contribution in [0, 0.1) is 0 Å². The molecule has 0 fully saturated rings. The number of nitrogens with zero attached hydrogens (tertiary/aromatic N) is 1. The molecule has 33 heavy (non-hydrogen) atoms. The van der Waals surface area contributed by atoms with E-state index in [2.05, 4.69) is 0 Å². The molecule has 2 aromatic rings. The van der Waals surface area contributed by atoms with E-state index in [9.17, 15) is 26.4 Å². The number of anilines is 1. The molecule has 7 nitrogen and oxygen atoms in total. The molecule has 0 spiro atoms. The maximum Gasteiger partial charge on any atom is 0.416 e. The summed E-state index contributed by atoms with van der Waals surface area (Å²) in [4.78, 5) is 10.8. The van der Waals surface area contributed by atoms with E-state index in [-0.39, 0.29) is 20.8 Å². The second-order valence-corrected chi connectivity index (χ2v) is 7.86. The number of rotatable bonds is 7. The molecule has 2 rings (SSSR count). The summed E-state index contributed by atoms with van der Waals surface area (Å²) in [5, 5.41) is 8.77. The van der Waals surface area contributed by atoms with Gasteiger partial charge >= 0.3 is 12.1 Å². The van der Waals surface area contributed by atoms with Crippen LogP contribution in [0.1, 0.15) is 33.3 Å². The Hall–Kier alpha value is -2.66. The maximum absolute atomic E-state index is 13.1. The van der Waals surface area contributed by atoms with Crippen molar-refractivity contribution >= 4 is 33.3 Å². The quantitative estimate of drug-likeness (QED) is 0.510. The highest BCUT2D eigenvalue weighted by Gasteiger charge is 2.34. The largest absolute Gasteiger partial charge is 0.493 e. The molecular weight excluding hydrogens is 487 g/mol. The zero-order chi connectivity index (χ0) is 26.0. The lowest BCUT2D eigenvalue weighted by Crippen LogP contribution is -2.36. The van der Waals surface area contributed by atoms with Crippen molar-refractivity contribution in [2.24, 2.45) is 0 Å². The summed E-state index contributed by atoms with van der Waals surface area (Å²) >= 11 is 5.91. The second-order valence-electron chi connectivity index (χ2n) is 5.59. The highest BCUT2D eigenvalue weighted by atomic mass is 35.5. The third-order valence-electron chi connectivity index (χ3n) is 3.76. The third-order valence-corrected chi connectivity index (χ3v) is 5.84. The minimum Gasteiger partial charge on any atom is -0.493 e. The number of aliphatic carboxylic acids is 1. The van der Waals surface area contributed by atoms with Gasteiger partial charge in [-0.3, -0.25) is 9.10 Å². The maximum atomic E-state index is 13.1. The van der Waals surface area contributed by atoms with Crippen LogP contribution in [-0.4, -0.2) is 40.3 Å². The highest BCUT2D eigenvalue weighted by Crippen LogP contribution is 2.38. The molecule has 0 radical (unpaired) electrons. The van der Waals surface area contributed by atoms with Gasteiger partial charge in [0.2, 0.25) is 0 Å². The Morgan fingerprint density at radius 3 is 2.00 bits per heavy atom.